The average Bonchev–Trinajstić information content (AvgIpc) is 2.81. The monoisotopic (exact) mass is 296 g/mol. The van der Waals surface area contributed by atoms with Gasteiger partial charge < -0.3 is 9.64 Å². The van der Waals surface area contributed by atoms with Crippen LogP contribution in [0.3, 0.4) is 0 Å². The predicted octanol–water partition coefficient (Wildman–Crippen LogP) is 3.15. The van der Waals surface area contributed by atoms with E-state index in [1.807, 2.05) is 45.4 Å². The van der Waals surface area contributed by atoms with E-state index in [0.717, 1.165) is 27.9 Å². The first kappa shape index (κ1) is 14.7. The number of likely N-dealkylation sites (N-methyl/N-ethyl adjacent to an activating group) is 1. The van der Waals surface area contributed by atoms with Crippen LogP contribution in [0.1, 0.15) is 25.0 Å². The molecule has 0 atom stereocenters. The molecule has 0 radical (unpaired) electrons. The van der Waals surface area contributed by atoms with E-state index in [4.69, 9.17) is 4.74 Å². The molecule has 1 aliphatic heterocycles. The summed E-state index contributed by atoms with van der Waals surface area (Å²) in [6.45, 7) is 4.04. The molecule has 2 aromatic rings. The number of hydrogen-bond donors (Lipinski definition) is 0. The Bertz CT molecular complexity index is 738. The Balaban J connectivity index is 2.01. The van der Waals surface area contributed by atoms with Gasteiger partial charge in [-0.15, -0.1) is 0 Å². The standard InChI is InChI=1S/C18H20N2O2/c1-18(2,22-4)15-8-14(10-19-11-15)12-5-6-16-13(7-12)9-17(21)20(16)3/h5-8,10-11H,9H2,1-4H3. The van der Waals surface area contributed by atoms with E-state index in [1.54, 1.807) is 12.0 Å². The summed E-state index contributed by atoms with van der Waals surface area (Å²) in [5.41, 5.74) is 4.82. The van der Waals surface area contributed by atoms with E-state index in [2.05, 4.69) is 17.1 Å². The van der Waals surface area contributed by atoms with Crippen molar-refractivity contribution in [2.45, 2.75) is 25.9 Å². The number of anilines is 1. The van der Waals surface area contributed by atoms with Gasteiger partial charge in [-0.2, -0.15) is 0 Å². The summed E-state index contributed by atoms with van der Waals surface area (Å²) in [7, 11) is 3.51. The van der Waals surface area contributed by atoms with Crippen molar-refractivity contribution < 1.29 is 9.53 Å². The molecule has 22 heavy (non-hydrogen) atoms. The average molecular weight is 296 g/mol. The molecule has 114 valence electrons. The van der Waals surface area contributed by atoms with Gasteiger partial charge in [-0.05, 0) is 43.2 Å². The van der Waals surface area contributed by atoms with Gasteiger partial charge in [-0.1, -0.05) is 6.07 Å². The number of aromatic nitrogens is 1. The normalized spacial score (nSPS) is 14.4. The van der Waals surface area contributed by atoms with Crippen LogP contribution in [0.2, 0.25) is 0 Å². The number of ether oxygens (including phenoxy) is 1. The molecule has 4 heteroatoms. The number of rotatable bonds is 3. The van der Waals surface area contributed by atoms with Crippen LogP contribution in [-0.2, 0) is 21.6 Å². The van der Waals surface area contributed by atoms with Crippen LogP contribution in [0.15, 0.2) is 36.7 Å². The number of nitrogens with zero attached hydrogens (tertiary/aromatic N) is 2. The van der Waals surface area contributed by atoms with E-state index in [0.29, 0.717) is 6.42 Å². The fourth-order valence-electron chi connectivity index (χ4n) is 2.69. The molecule has 1 aliphatic rings. The Kier molecular flexibility index (Phi) is 3.49. The van der Waals surface area contributed by atoms with Crippen LogP contribution in [0.25, 0.3) is 11.1 Å². The number of amides is 1. The van der Waals surface area contributed by atoms with Crippen molar-refractivity contribution in [3.8, 4) is 11.1 Å². The summed E-state index contributed by atoms with van der Waals surface area (Å²) in [6, 6.07) is 8.22. The van der Waals surface area contributed by atoms with Crippen LogP contribution < -0.4 is 4.90 Å². The molecule has 2 heterocycles. The van der Waals surface area contributed by atoms with E-state index < -0.39 is 0 Å². The molecule has 0 unspecified atom stereocenters. The molecular weight excluding hydrogens is 276 g/mol. The molecular formula is C18H20N2O2. The van der Waals surface area contributed by atoms with Crippen LogP contribution in [-0.4, -0.2) is 25.0 Å². The zero-order chi connectivity index (χ0) is 15.9. The molecule has 0 aliphatic carbocycles. The number of carbonyl (C=O) groups is 1. The summed E-state index contributed by atoms with van der Waals surface area (Å²) < 4.78 is 5.53. The summed E-state index contributed by atoms with van der Waals surface area (Å²) in [5.74, 6) is 0.138. The first-order valence-electron chi connectivity index (χ1n) is 7.33. The summed E-state index contributed by atoms with van der Waals surface area (Å²) in [5, 5.41) is 0. The third kappa shape index (κ3) is 2.40. The molecule has 0 saturated carbocycles. The molecule has 3 rings (SSSR count). The van der Waals surface area contributed by atoms with Crippen molar-refractivity contribution in [2.75, 3.05) is 19.1 Å². The smallest absolute Gasteiger partial charge is 0.231 e. The molecule has 1 aromatic heterocycles. The second kappa shape index (κ2) is 5.21. The highest BCUT2D eigenvalue weighted by Gasteiger charge is 2.24. The highest BCUT2D eigenvalue weighted by molar-refractivity contribution is 6.01. The number of fused-ring (bicyclic) bond motifs is 1. The number of pyridine rings is 1. The Morgan fingerprint density at radius 2 is 1.95 bits per heavy atom. The second-order valence-electron chi connectivity index (χ2n) is 6.15. The summed E-state index contributed by atoms with van der Waals surface area (Å²) >= 11 is 0. The molecule has 0 fully saturated rings. The van der Waals surface area contributed by atoms with Crippen LogP contribution in [0.5, 0.6) is 0 Å². The fraction of sp³-hybridized carbons (Fsp3) is 0.333. The van der Waals surface area contributed by atoms with Gasteiger partial charge in [0.2, 0.25) is 5.91 Å². The highest BCUT2D eigenvalue weighted by atomic mass is 16.5. The first-order chi connectivity index (χ1) is 10.4. The lowest BCUT2D eigenvalue weighted by atomic mass is 9.96. The fourth-order valence-corrected chi connectivity index (χ4v) is 2.69. The topological polar surface area (TPSA) is 42.4 Å². The van der Waals surface area contributed by atoms with Crippen molar-refractivity contribution in [1.82, 2.24) is 4.98 Å². The molecule has 1 amide bonds. The quantitative estimate of drug-likeness (QED) is 0.874. The van der Waals surface area contributed by atoms with Crippen LogP contribution in [0, 0.1) is 0 Å². The SMILES string of the molecule is COC(C)(C)c1cncc(-c2ccc3c(c2)CC(=O)N3C)c1. The largest absolute Gasteiger partial charge is 0.374 e. The lowest BCUT2D eigenvalue weighted by Crippen LogP contribution is -2.20. The minimum absolute atomic E-state index is 0.138. The Morgan fingerprint density at radius 3 is 2.68 bits per heavy atom. The molecule has 0 N–H and O–H groups in total. The van der Waals surface area contributed by atoms with Crippen LogP contribution >= 0.6 is 0 Å². The van der Waals surface area contributed by atoms with Gasteiger partial charge in [-0.3, -0.25) is 9.78 Å². The predicted molar refractivity (Wildman–Crippen MR) is 86.8 cm³/mol. The van der Waals surface area contributed by atoms with E-state index in [1.165, 1.54) is 0 Å². The minimum atomic E-state index is -0.379. The Labute approximate surface area is 130 Å². The van der Waals surface area contributed by atoms with Crippen LogP contribution in [0.4, 0.5) is 5.69 Å². The van der Waals surface area contributed by atoms with Gasteiger partial charge in [0.1, 0.15) is 0 Å². The molecule has 1 aromatic carbocycles. The van der Waals surface area contributed by atoms with E-state index in [9.17, 15) is 4.79 Å². The van der Waals surface area contributed by atoms with Crippen molar-refractivity contribution in [3.63, 3.8) is 0 Å². The molecule has 0 bridgehead atoms. The van der Waals surface area contributed by atoms with Crippen molar-refractivity contribution in [1.29, 1.82) is 0 Å². The molecule has 4 nitrogen and oxygen atoms in total. The van der Waals surface area contributed by atoms with Gasteiger partial charge in [0.05, 0.1) is 12.0 Å². The number of hydrogen-bond acceptors (Lipinski definition) is 3. The number of benzene rings is 1. The highest BCUT2D eigenvalue weighted by Crippen LogP contribution is 2.33. The maximum Gasteiger partial charge on any atom is 0.231 e. The van der Waals surface area contributed by atoms with Crippen molar-refractivity contribution in [3.05, 3.63) is 47.8 Å². The lowest BCUT2D eigenvalue weighted by Gasteiger charge is -2.23. The first-order valence-corrected chi connectivity index (χ1v) is 7.33. The van der Waals surface area contributed by atoms with Gasteiger partial charge >= 0.3 is 0 Å². The Hall–Kier alpha value is -2.20. The Morgan fingerprint density at radius 1 is 1.18 bits per heavy atom. The van der Waals surface area contributed by atoms with E-state index >= 15 is 0 Å². The summed E-state index contributed by atoms with van der Waals surface area (Å²) in [4.78, 5) is 17.9. The minimum Gasteiger partial charge on any atom is -0.374 e. The zero-order valence-corrected chi connectivity index (χ0v) is 13.4. The third-order valence-electron chi connectivity index (χ3n) is 4.43. The molecule has 0 spiro atoms. The van der Waals surface area contributed by atoms with Gasteiger partial charge in [0, 0.05) is 43.4 Å². The second-order valence-corrected chi connectivity index (χ2v) is 6.15. The maximum absolute atomic E-state index is 11.8. The maximum atomic E-state index is 11.8. The zero-order valence-electron chi connectivity index (χ0n) is 13.4. The van der Waals surface area contributed by atoms with E-state index in [-0.39, 0.29) is 11.5 Å². The van der Waals surface area contributed by atoms with Gasteiger partial charge in [0.25, 0.3) is 0 Å². The van der Waals surface area contributed by atoms with Gasteiger partial charge in [0.15, 0.2) is 0 Å². The van der Waals surface area contributed by atoms with Crippen molar-refractivity contribution >= 4 is 11.6 Å². The number of methoxy groups -OCH3 is 1. The summed E-state index contributed by atoms with van der Waals surface area (Å²) in [6.07, 6.45) is 4.14. The molecule has 0 saturated heterocycles. The number of carbonyl (C=O) groups excluding carboxylic acids is 1. The third-order valence-corrected chi connectivity index (χ3v) is 4.43. The van der Waals surface area contributed by atoms with Crippen molar-refractivity contribution in [2.24, 2.45) is 0 Å². The van der Waals surface area contributed by atoms with Gasteiger partial charge in [-0.25, -0.2) is 0 Å². The lowest BCUT2D eigenvalue weighted by molar-refractivity contribution is -0.117.